The number of hydrogen-bond donors (Lipinski definition) is 0. The van der Waals surface area contributed by atoms with Crippen molar-refractivity contribution in [3.63, 3.8) is 0 Å². The fraction of sp³-hybridized carbons (Fsp3) is 0.679. The van der Waals surface area contributed by atoms with E-state index < -0.39 is 6.10 Å². The topological polar surface area (TPSA) is 78.9 Å². The van der Waals surface area contributed by atoms with E-state index in [2.05, 4.69) is 106 Å². The summed E-state index contributed by atoms with van der Waals surface area (Å²) in [5.74, 6) is -0.945. The molecule has 0 spiro atoms. The first-order chi connectivity index (χ1) is 29.0. The van der Waals surface area contributed by atoms with Gasteiger partial charge in [-0.15, -0.1) is 0 Å². The predicted molar refractivity (Wildman–Crippen MR) is 251 cm³/mol. The molecule has 0 aromatic rings. The zero-order valence-corrected chi connectivity index (χ0v) is 38.2. The Hall–Kier alpha value is -3.41. The van der Waals surface area contributed by atoms with Crippen molar-refractivity contribution in [1.29, 1.82) is 0 Å². The van der Waals surface area contributed by atoms with Crippen molar-refractivity contribution in [2.24, 2.45) is 0 Å². The molecule has 0 bridgehead atoms. The van der Waals surface area contributed by atoms with Crippen LogP contribution in [0, 0.1) is 0 Å². The second kappa shape index (κ2) is 47.3. The summed E-state index contributed by atoms with van der Waals surface area (Å²) in [6.07, 6.45) is 60.0. The molecule has 0 aliphatic rings. The Morgan fingerprint density at radius 1 is 0.356 bits per heavy atom. The Morgan fingerprint density at radius 2 is 0.661 bits per heavy atom. The Balaban J connectivity index is 4.39. The van der Waals surface area contributed by atoms with Crippen LogP contribution in [-0.4, -0.2) is 37.2 Å². The quantitative estimate of drug-likeness (QED) is 0.0264. The molecule has 6 nitrogen and oxygen atoms in total. The second-order valence-corrected chi connectivity index (χ2v) is 15.6. The average Bonchev–Trinajstić information content (AvgIpc) is 3.23. The van der Waals surface area contributed by atoms with Crippen molar-refractivity contribution in [2.75, 3.05) is 13.2 Å². The first-order valence-corrected chi connectivity index (χ1v) is 24.1. The highest BCUT2D eigenvalue weighted by molar-refractivity contribution is 5.71. The normalized spacial score (nSPS) is 12.8. The summed E-state index contributed by atoms with van der Waals surface area (Å²) in [4.78, 5) is 37.8. The molecule has 0 N–H and O–H groups in total. The van der Waals surface area contributed by atoms with Crippen LogP contribution in [-0.2, 0) is 28.6 Å². The van der Waals surface area contributed by atoms with E-state index in [1.807, 2.05) is 0 Å². The molecular weight excluding hydrogens is 733 g/mol. The first kappa shape index (κ1) is 55.6. The van der Waals surface area contributed by atoms with Gasteiger partial charge in [0.15, 0.2) is 6.10 Å². The third-order valence-electron chi connectivity index (χ3n) is 9.90. The summed E-state index contributed by atoms with van der Waals surface area (Å²) in [5.41, 5.74) is 0. The third-order valence-corrected chi connectivity index (χ3v) is 9.90. The van der Waals surface area contributed by atoms with Gasteiger partial charge in [0.05, 0.1) is 0 Å². The highest BCUT2D eigenvalue weighted by atomic mass is 16.6. The lowest BCUT2D eigenvalue weighted by Crippen LogP contribution is -2.30. The Bertz CT molecular complexity index is 1170. The number of carbonyl (C=O) groups excluding carboxylic acids is 3. The Labute approximate surface area is 363 Å². The van der Waals surface area contributed by atoms with E-state index in [0.717, 1.165) is 122 Å². The summed E-state index contributed by atoms with van der Waals surface area (Å²) in [6.45, 7) is 6.34. The molecule has 1 atom stereocenters. The highest BCUT2D eigenvalue weighted by Gasteiger charge is 2.19. The van der Waals surface area contributed by atoms with Gasteiger partial charge in [0.25, 0.3) is 0 Å². The monoisotopic (exact) mass is 821 g/mol. The number of esters is 3. The van der Waals surface area contributed by atoms with Gasteiger partial charge >= 0.3 is 17.9 Å². The molecule has 0 aliphatic carbocycles. The fourth-order valence-corrected chi connectivity index (χ4v) is 6.33. The minimum atomic E-state index is -0.794. The standard InChI is InChI=1S/C53H88O6/c1-4-7-10-13-16-19-21-23-24-25-26-27-28-30-31-34-37-40-43-46-52(55)58-49-50(48-57-51(54)45-42-39-36-33-18-15-12-9-6-3)59-53(56)47-44-41-38-35-32-29-22-20-17-14-11-8-5-2/h7-8,10-11,16-17,19-20,23-24,26-27,29,32,50H,4-6,9,12-15,18,21-22,25,28,30-31,33-49H2,1-3H3/b10-7-,11-8-,19-16-,20-17-,24-23-,27-26-,32-29-. The number of allylic oxidation sites excluding steroid dienone is 14. The van der Waals surface area contributed by atoms with Crippen molar-refractivity contribution in [1.82, 2.24) is 0 Å². The van der Waals surface area contributed by atoms with Crippen LogP contribution in [0.25, 0.3) is 0 Å². The van der Waals surface area contributed by atoms with Crippen LogP contribution in [0.5, 0.6) is 0 Å². The number of ether oxygens (including phenoxy) is 3. The number of unbranched alkanes of at least 4 members (excludes halogenated alkanes) is 17. The largest absolute Gasteiger partial charge is 0.462 e. The summed E-state index contributed by atoms with van der Waals surface area (Å²) in [6, 6.07) is 0. The number of rotatable bonds is 42. The van der Waals surface area contributed by atoms with Crippen LogP contribution in [0.2, 0.25) is 0 Å². The van der Waals surface area contributed by atoms with Crippen molar-refractivity contribution >= 4 is 17.9 Å². The lowest BCUT2D eigenvalue weighted by Gasteiger charge is -2.18. The molecule has 0 heterocycles. The molecule has 1 unspecified atom stereocenters. The molecule has 59 heavy (non-hydrogen) atoms. The average molecular weight is 821 g/mol. The zero-order valence-electron chi connectivity index (χ0n) is 38.2. The van der Waals surface area contributed by atoms with E-state index in [4.69, 9.17) is 14.2 Å². The van der Waals surface area contributed by atoms with Crippen LogP contribution >= 0.6 is 0 Å². The molecule has 0 aromatic heterocycles. The van der Waals surface area contributed by atoms with Gasteiger partial charge in [-0.05, 0) is 89.9 Å². The van der Waals surface area contributed by atoms with Gasteiger partial charge in [0, 0.05) is 19.3 Å². The molecule has 0 fully saturated rings. The summed E-state index contributed by atoms with van der Waals surface area (Å²) >= 11 is 0. The lowest BCUT2D eigenvalue weighted by molar-refractivity contribution is -0.167. The van der Waals surface area contributed by atoms with Gasteiger partial charge < -0.3 is 14.2 Å². The number of hydrogen-bond acceptors (Lipinski definition) is 6. The molecule has 0 saturated carbocycles. The van der Waals surface area contributed by atoms with Gasteiger partial charge in [-0.25, -0.2) is 0 Å². The maximum absolute atomic E-state index is 12.7. The number of carbonyl (C=O) groups is 3. The third kappa shape index (κ3) is 45.5. The van der Waals surface area contributed by atoms with Crippen LogP contribution < -0.4 is 0 Å². The molecule has 0 rings (SSSR count). The maximum atomic E-state index is 12.7. The minimum absolute atomic E-state index is 0.0929. The van der Waals surface area contributed by atoms with Crippen LogP contribution in [0.4, 0.5) is 0 Å². The molecule has 0 radical (unpaired) electrons. The minimum Gasteiger partial charge on any atom is -0.462 e. The highest BCUT2D eigenvalue weighted by Crippen LogP contribution is 2.13. The summed E-state index contributed by atoms with van der Waals surface area (Å²) in [5, 5.41) is 0. The Kier molecular flexibility index (Phi) is 44.5. The van der Waals surface area contributed by atoms with Gasteiger partial charge in [-0.2, -0.15) is 0 Å². The lowest BCUT2D eigenvalue weighted by atomic mass is 10.1. The van der Waals surface area contributed by atoms with Crippen LogP contribution in [0.15, 0.2) is 85.1 Å². The van der Waals surface area contributed by atoms with Gasteiger partial charge in [0.2, 0.25) is 0 Å². The second-order valence-electron chi connectivity index (χ2n) is 15.6. The molecule has 0 saturated heterocycles. The molecular formula is C53H88O6. The SMILES string of the molecule is CC/C=C\C/C=C\C/C=C\C/C=C\CCCCCCCCC(=O)OCC(COC(=O)CCCCCCCCCCC)OC(=O)CCCCC/C=C\C/C=C\C/C=C\CC. The maximum Gasteiger partial charge on any atom is 0.306 e. The Morgan fingerprint density at radius 3 is 1.05 bits per heavy atom. The molecule has 6 heteroatoms. The van der Waals surface area contributed by atoms with Gasteiger partial charge in [-0.3, -0.25) is 14.4 Å². The molecule has 0 aliphatic heterocycles. The van der Waals surface area contributed by atoms with Crippen molar-refractivity contribution in [2.45, 2.75) is 219 Å². The zero-order chi connectivity index (χ0) is 43.0. The molecule has 0 aromatic carbocycles. The molecule has 0 amide bonds. The van der Waals surface area contributed by atoms with Gasteiger partial charge in [-0.1, -0.05) is 189 Å². The fourth-order valence-electron chi connectivity index (χ4n) is 6.33. The predicted octanol–water partition coefficient (Wildman–Crippen LogP) is 15.6. The van der Waals surface area contributed by atoms with E-state index >= 15 is 0 Å². The smallest absolute Gasteiger partial charge is 0.306 e. The summed E-state index contributed by atoms with van der Waals surface area (Å²) < 4.78 is 16.7. The van der Waals surface area contributed by atoms with Crippen molar-refractivity contribution in [3.05, 3.63) is 85.1 Å². The molecule has 336 valence electrons. The van der Waals surface area contributed by atoms with Crippen molar-refractivity contribution < 1.29 is 28.6 Å². The van der Waals surface area contributed by atoms with Crippen molar-refractivity contribution in [3.8, 4) is 0 Å². The van der Waals surface area contributed by atoms with Gasteiger partial charge in [0.1, 0.15) is 13.2 Å². The van der Waals surface area contributed by atoms with Crippen LogP contribution in [0.3, 0.4) is 0 Å². The van der Waals surface area contributed by atoms with E-state index in [0.29, 0.717) is 12.8 Å². The van der Waals surface area contributed by atoms with Crippen LogP contribution in [0.1, 0.15) is 213 Å². The summed E-state index contributed by atoms with van der Waals surface area (Å²) in [7, 11) is 0. The van der Waals surface area contributed by atoms with E-state index in [9.17, 15) is 14.4 Å². The first-order valence-electron chi connectivity index (χ1n) is 24.1. The van der Waals surface area contributed by atoms with E-state index in [-0.39, 0.29) is 37.5 Å². The van der Waals surface area contributed by atoms with E-state index in [1.54, 1.807) is 0 Å². The van der Waals surface area contributed by atoms with E-state index in [1.165, 1.54) is 51.4 Å².